The lowest BCUT2D eigenvalue weighted by atomic mass is 10.1. The highest BCUT2D eigenvalue weighted by Gasteiger charge is 2.30. The fraction of sp³-hybridized carbons (Fsp3) is 0.409. The highest BCUT2D eigenvalue weighted by atomic mass is 32.2. The number of methoxy groups -OCH3 is 1. The third-order valence-corrected chi connectivity index (χ3v) is 7.21. The summed E-state index contributed by atoms with van der Waals surface area (Å²) < 4.78 is 32.2. The average molecular weight is 432 g/mol. The summed E-state index contributed by atoms with van der Waals surface area (Å²) in [5.41, 5.74) is 1.25. The SMILES string of the molecule is COc1ccc(S(=O)(=O)N2CCN(C(=O)N[C@@H](C)CCc3ccccc3)CC2)cc1. The molecule has 0 aromatic heterocycles. The van der Waals surface area contributed by atoms with E-state index >= 15 is 0 Å². The molecule has 1 aliphatic heterocycles. The molecule has 0 radical (unpaired) electrons. The molecule has 1 fully saturated rings. The van der Waals surface area contributed by atoms with Gasteiger partial charge in [-0.15, -0.1) is 0 Å². The van der Waals surface area contributed by atoms with Crippen molar-refractivity contribution in [3.63, 3.8) is 0 Å². The minimum absolute atomic E-state index is 0.0405. The molecule has 1 aliphatic rings. The van der Waals surface area contributed by atoms with Crippen LogP contribution in [0.25, 0.3) is 0 Å². The Bertz CT molecular complexity index is 925. The van der Waals surface area contributed by atoms with Crippen LogP contribution in [0.4, 0.5) is 4.79 Å². The third-order valence-electron chi connectivity index (χ3n) is 5.30. The molecule has 1 N–H and O–H groups in total. The van der Waals surface area contributed by atoms with Crippen LogP contribution in [0.3, 0.4) is 0 Å². The minimum Gasteiger partial charge on any atom is -0.497 e. The lowest BCUT2D eigenvalue weighted by molar-refractivity contribution is 0.169. The molecule has 1 heterocycles. The maximum atomic E-state index is 12.8. The second-order valence-electron chi connectivity index (χ2n) is 7.44. The van der Waals surface area contributed by atoms with E-state index in [9.17, 15) is 13.2 Å². The molecule has 8 heteroatoms. The Labute approximate surface area is 178 Å². The Morgan fingerprint density at radius 1 is 1.03 bits per heavy atom. The van der Waals surface area contributed by atoms with Gasteiger partial charge in [0.05, 0.1) is 12.0 Å². The fourth-order valence-electron chi connectivity index (χ4n) is 3.43. The number of urea groups is 1. The number of nitrogens with zero attached hydrogens (tertiary/aromatic N) is 2. The van der Waals surface area contributed by atoms with Gasteiger partial charge in [-0.3, -0.25) is 0 Å². The van der Waals surface area contributed by atoms with Gasteiger partial charge in [0.15, 0.2) is 0 Å². The van der Waals surface area contributed by atoms with Crippen LogP contribution in [0.5, 0.6) is 5.75 Å². The number of carbonyl (C=O) groups is 1. The quantitative estimate of drug-likeness (QED) is 0.731. The molecule has 162 valence electrons. The first-order valence-electron chi connectivity index (χ1n) is 10.1. The molecule has 1 saturated heterocycles. The van der Waals surface area contributed by atoms with Gasteiger partial charge >= 0.3 is 6.03 Å². The predicted octanol–water partition coefficient (Wildman–Crippen LogP) is 2.73. The summed E-state index contributed by atoms with van der Waals surface area (Å²) >= 11 is 0. The largest absolute Gasteiger partial charge is 0.497 e. The summed E-state index contributed by atoms with van der Waals surface area (Å²) in [6, 6.07) is 16.4. The zero-order valence-corrected chi connectivity index (χ0v) is 18.3. The molecular formula is C22H29N3O4S. The van der Waals surface area contributed by atoms with Crippen LogP contribution in [0.15, 0.2) is 59.5 Å². The second kappa shape index (κ2) is 9.95. The van der Waals surface area contributed by atoms with Gasteiger partial charge in [0, 0.05) is 32.2 Å². The summed E-state index contributed by atoms with van der Waals surface area (Å²) in [4.78, 5) is 14.5. The Morgan fingerprint density at radius 3 is 2.27 bits per heavy atom. The summed E-state index contributed by atoms with van der Waals surface area (Å²) in [6.45, 7) is 3.28. The van der Waals surface area contributed by atoms with Crippen molar-refractivity contribution in [2.24, 2.45) is 0 Å². The highest BCUT2D eigenvalue weighted by molar-refractivity contribution is 7.89. The normalized spacial score (nSPS) is 16.1. The number of piperazine rings is 1. The number of carbonyl (C=O) groups excluding carboxylic acids is 1. The van der Waals surface area contributed by atoms with E-state index in [2.05, 4.69) is 17.4 Å². The van der Waals surface area contributed by atoms with Crippen molar-refractivity contribution >= 4 is 16.1 Å². The number of hydrogen-bond donors (Lipinski definition) is 1. The maximum absolute atomic E-state index is 12.8. The molecule has 3 rings (SSSR count). The van der Waals surface area contributed by atoms with Crippen LogP contribution >= 0.6 is 0 Å². The van der Waals surface area contributed by atoms with Crippen molar-refractivity contribution < 1.29 is 17.9 Å². The monoisotopic (exact) mass is 431 g/mol. The van der Waals surface area contributed by atoms with Crippen molar-refractivity contribution in [3.8, 4) is 5.75 Å². The van der Waals surface area contributed by atoms with Gasteiger partial charge in [-0.05, 0) is 49.6 Å². The zero-order chi connectivity index (χ0) is 21.6. The average Bonchev–Trinajstić information content (AvgIpc) is 2.78. The first-order chi connectivity index (χ1) is 14.4. The van der Waals surface area contributed by atoms with E-state index < -0.39 is 10.0 Å². The Hall–Kier alpha value is -2.58. The molecule has 2 amide bonds. The summed E-state index contributed by atoms with van der Waals surface area (Å²) in [5.74, 6) is 0.608. The molecule has 0 unspecified atom stereocenters. The van der Waals surface area contributed by atoms with Gasteiger partial charge in [-0.2, -0.15) is 4.31 Å². The number of amides is 2. The standard InChI is InChI=1S/C22H29N3O4S/c1-18(8-9-19-6-4-3-5-7-19)23-22(26)24-14-16-25(17-15-24)30(27,28)21-12-10-20(29-2)11-13-21/h3-7,10-13,18H,8-9,14-17H2,1-2H3,(H,23,26)/t18-/m0/s1. The van der Waals surface area contributed by atoms with Crippen molar-refractivity contribution in [2.45, 2.75) is 30.7 Å². The lowest BCUT2D eigenvalue weighted by Gasteiger charge is -2.34. The van der Waals surface area contributed by atoms with Crippen LogP contribution in [0, 0.1) is 0 Å². The zero-order valence-electron chi connectivity index (χ0n) is 17.5. The molecule has 30 heavy (non-hydrogen) atoms. The molecule has 2 aromatic carbocycles. The molecule has 0 bridgehead atoms. The van der Waals surface area contributed by atoms with Crippen LogP contribution in [-0.2, 0) is 16.4 Å². The van der Waals surface area contributed by atoms with Gasteiger partial charge in [-0.25, -0.2) is 13.2 Å². The Morgan fingerprint density at radius 2 is 1.67 bits per heavy atom. The number of aryl methyl sites for hydroxylation is 1. The topological polar surface area (TPSA) is 79.0 Å². The highest BCUT2D eigenvalue weighted by Crippen LogP contribution is 2.20. The van der Waals surface area contributed by atoms with E-state index in [1.165, 1.54) is 17.0 Å². The van der Waals surface area contributed by atoms with Gasteiger partial charge in [0.2, 0.25) is 10.0 Å². The number of nitrogens with one attached hydrogen (secondary N) is 1. The van der Waals surface area contributed by atoms with Crippen LogP contribution in [-0.4, -0.2) is 63.0 Å². The van der Waals surface area contributed by atoms with Crippen molar-refractivity contribution in [1.82, 2.24) is 14.5 Å². The van der Waals surface area contributed by atoms with Gasteiger partial charge in [0.1, 0.15) is 5.75 Å². The van der Waals surface area contributed by atoms with Crippen LogP contribution < -0.4 is 10.1 Å². The van der Waals surface area contributed by atoms with Gasteiger partial charge in [0.25, 0.3) is 0 Å². The summed E-state index contributed by atoms with van der Waals surface area (Å²) in [5, 5.41) is 3.02. The van der Waals surface area contributed by atoms with Gasteiger partial charge < -0.3 is 15.0 Å². The van der Waals surface area contributed by atoms with Gasteiger partial charge in [-0.1, -0.05) is 30.3 Å². The van der Waals surface area contributed by atoms with Crippen molar-refractivity contribution in [3.05, 3.63) is 60.2 Å². The van der Waals surface area contributed by atoms with E-state index in [0.29, 0.717) is 18.8 Å². The summed E-state index contributed by atoms with van der Waals surface area (Å²) in [7, 11) is -2.04. The summed E-state index contributed by atoms with van der Waals surface area (Å²) in [6.07, 6.45) is 1.75. The number of benzene rings is 2. The lowest BCUT2D eigenvalue weighted by Crippen LogP contribution is -2.54. The smallest absolute Gasteiger partial charge is 0.317 e. The van der Waals surface area contributed by atoms with Crippen molar-refractivity contribution in [2.75, 3.05) is 33.3 Å². The first-order valence-corrected chi connectivity index (χ1v) is 11.6. The molecule has 0 saturated carbocycles. The predicted molar refractivity (Wildman–Crippen MR) is 116 cm³/mol. The molecule has 2 aromatic rings. The number of rotatable bonds is 7. The number of ether oxygens (including phenoxy) is 1. The van der Waals surface area contributed by atoms with E-state index in [1.807, 2.05) is 25.1 Å². The van der Waals surface area contributed by atoms with Crippen LogP contribution in [0.1, 0.15) is 18.9 Å². The van der Waals surface area contributed by atoms with Crippen molar-refractivity contribution in [1.29, 1.82) is 0 Å². The minimum atomic E-state index is -3.58. The molecule has 0 aliphatic carbocycles. The second-order valence-corrected chi connectivity index (χ2v) is 9.38. The van der Waals surface area contributed by atoms with E-state index in [0.717, 1.165) is 12.8 Å². The van der Waals surface area contributed by atoms with E-state index in [4.69, 9.17) is 4.74 Å². The number of hydrogen-bond acceptors (Lipinski definition) is 4. The molecular weight excluding hydrogens is 402 g/mol. The first kappa shape index (κ1) is 22.1. The number of sulfonamides is 1. The maximum Gasteiger partial charge on any atom is 0.317 e. The molecule has 0 spiro atoms. The Kier molecular flexibility index (Phi) is 7.33. The molecule has 7 nitrogen and oxygen atoms in total. The third kappa shape index (κ3) is 5.52. The molecule has 1 atom stereocenters. The Balaban J connectivity index is 1.48. The fourth-order valence-corrected chi connectivity index (χ4v) is 4.85. The van der Waals surface area contributed by atoms with Crippen LogP contribution in [0.2, 0.25) is 0 Å². The van der Waals surface area contributed by atoms with E-state index in [1.54, 1.807) is 29.2 Å². The van der Waals surface area contributed by atoms with E-state index in [-0.39, 0.29) is 30.1 Å².